The molecule has 1 amide bonds. The van der Waals surface area contributed by atoms with Crippen LogP contribution < -0.4 is 5.32 Å². The summed E-state index contributed by atoms with van der Waals surface area (Å²) in [6, 6.07) is 12.7. The van der Waals surface area contributed by atoms with Crippen molar-refractivity contribution in [3.05, 3.63) is 92.6 Å². The quantitative estimate of drug-likeness (QED) is 0.309. The standard InChI is InChI=1S/C22H13Cl2F3N2O2S/c23-15-4-5-17(24)13(9-15)10-16-11-28-21(32-16)29-20(30)19-7-6-18(31-19)12-2-1-3-14(8-12)22(25,26)27/h1-9,11H,10H2,(H,28,29,30). The fourth-order valence-corrected chi connectivity index (χ4v) is 4.15. The van der Waals surface area contributed by atoms with E-state index in [0.29, 0.717) is 21.6 Å². The van der Waals surface area contributed by atoms with Gasteiger partial charge >= 0.3 is 6.18 Å². The minimum absolute atomic E-state index is 0.0490. The summed E-state index contributed by atoms with van der Waals surface area (Å²) in [5, 5.41) is 4.12. The SMILES string of the molecule is O=C(Nc1ncc(Cc2cc(Cl)ccc2Cl)s1)c1ccc(-c2cccc(C(F)(F)F)c2)o1. The van der Waals surface area contributed by atoms with Gasteiger partial charge < -0.3 is 4.42 Å². The molecule has 0 spiro atoms. The summed E-state index contributed by atoms with van der Waals surface area (Å²) in [5.41, 5.74) is 0.249. The van der Waals surface area contributed by atoms with E-state index in [0.717, 1.165) is 22.6 Å². The molecule has 4 aromatic rings. The third-order valence-electron chi connectivity index (χ3n) is 4.45. The van der Waals surface area contributed by atoms with E-state index < -0.39 is 17.6 Å². The highest BCUT2D eigenvalue weighted by atomic mass is 35.5. The van der Waals surface area contributed by atoms with E-state index in [1.165, 1.54) is 35.6 Å². The van der Waals surface area contributed by atoms with Crippen molar-refractivity contribution in [3.8, 4) is 11.3 Å². The first kappa shape index (κ1) is 22.4. The van der Waals surface area contributed by atoms with Gasteiger partial charge in [0.25, 0.3) is 5.91 Å². The molecule has 0 aliphatic heterocycles. The molecule has 1 N–H and O–H groups in total. The van der Waals surface area contributed by atoms with Crippen molar-refractivity contribution < 1.29 is 22.4 Å². The number of furan rings is 1. The van der Waals surface area contributed by atoms with Gasteiger partial charge in [-0.1, -0.05) is 35.3 Å². The third-order valence-corrected chi connectivity index (χ3v) is 5.97. The number of hydrogen-bond donors (Lipinski definition) is 1. The molecule has 4 nitrogen and oxygen atoms in total. The van der Waals surface area contributed by atoms with E-state index >= 15 is 0 Å². The molecule has 2 aromatic carbocycles. The van der Waals surface area contributed by atoms with Crippen LogP contribution in [0, 0.1) is 0 Å². The number of nitrogens with one attached hydrogen (secondary N) is 1. The van der Waals surface area contributed by atoms with Crippen LogP contribution >= 0.6 is 34.5 Å². The number of aromatic nitrogens is 1. The van der Waals surface area contributed by atoms with Gasteiger partial charge in [0.1, 0.15) is 5.76 Å². The minimum atomic E-state index is -4.47. The van der Waals surface area contributed by atoms with Crippen molar-refractivity contribution in [3.63, 3.8) is 0 Å². The van der Waals surface area contributed by atoms with Crippen molar-refractivity contribution in [1.29, 1.82) is 0 Å². The van der Waals surface area contributed by atoms with E-state index in [2.05, 4.69) is 10.3 Å². The van der Waals surface area contributed by atoms with Crippen molar-refractivity contribution in [2.75, 3.05) is 5.32 Å². The summed E-state index contributed by atoms with van der Waals surface area (Å²) < 4.78 is 44.2. The van der Waals surface area contributed by atoms with E-state index in [-0.39, 0.29) is 17.1 Å². The molecule has 32 heavy (non-hydrogen) atoms. The zero-order valence-corrected chi connectivity index (χ0v) is 18.4. The fraction of sp³-hybridized carbons (Fsp3) is 0.0909. The molecular weight excluding hydrogens is 484 g/mol. The summed E-state index contributed by atoms with van der Waals surface area (Å²) in [7, 11) is 0. The van der Waals surface area contributed by atoms with Crippen LogP contribution in [0.25, 0.3) is 11.3 Å². The van der Waals surface area contributed by atoms with Crippen molar-refractivity contribution in [2.24, 2.45) is 0 Å². The van der Waals surface area contributed by atoms with Crippen LogP contribution in [0.5, 0.6) is 0 Å². The molecule has 0 saturated carbocycles. The van der Waals surface area contributed by atoms with Crippen molar-refractivity contribution >= 4 is 45.6 Å². The number of nitrogens with zero attached hydrogens (tertiary/aromatic N) is 1. The fourth-order valence-electron chi connectivity index (χ4n) is 2.94. The Morgan fingerprint density at radius 1 is 1.09 bits per heavy atom. The van der Waals surface area contributed by atoms with Gasteiger partial charge in [-0.05, 0) is 48.0 Å². The Morgan fingerprint density at radius 2 is 1.91 bits per heavy atom. The zero-order chi connectivity index (χ0) is 22.9. The molecule has 10 heteroatoms. The Balaban J connectivity index is 1.46. The molecule has 0 unspecified atom stereocenters. The van der Waals surface area contributed by atoms with Crippen molar-refractivity contribution in [2.45, 2.75) is 12.6 Å². The molecule has 164 valence electrons. The van der Waals surface area contributed by atoms with Gasteiger partial charge in [0, 0.05) is 33.1 Å². The molecule has 4 rings (SSSR count). The molecular formula is C22H13Cl2F3N2O2S. The average molecular weight is 497 g/mol. The number of rotatable bonds is 5. The molecule has 2 aromatic heterocycles. The Kier molecular flexibility index (Phi) is 6.28. The number of thiazole rings is 1. The van der Waals surface area contributed by atoms with E-state index in [1.807, 2.05) is 0 Å². The average Bonchev–Trinajstić information content (AvgIpc) is 3.40. The maximum absolute atomic E-state index is 12.9. The molecule has 0 radical (unpaired) electrons. The second kappa shape index (κ2) is 8.97. The van der Waals surface area contributed by atoms with Gasteiger partial charge in [-0.15, -0.1) is 11.3 Å². The van der Waals surface area contributed by atoms with Gasteiger partial charge in [-0.2, -0.15) is 13.2 Å². The number of amides is 1. The lowest BCUT2D eigenvalue weighted by atomic mass is 10.1. The Hall–Kier alpha value is -2.81. The maximum Gasteiger partial charge on any atom is 0.416 e. The topological polar surface area (TPSA) is 55.1 Å². The van der Waals surface area contributed by atoms with Gasteiger partial charge in [0.05, 0.1) is 5.56 Å². The maximum atomic E-state index is 12.9. The number of anilines is 1. The number of carbonyl (C=O) groups excluding carboxylic acids is 1. The Labute approximate surface area is 194 Å². The van der Waals surface area contributed by atoms with Gasteiger partial charge in [-0.3, -0.25) is 10.1 Å². The van der Waals surface area contributed by atoms with Crippen LogP contribution in [0.15, 0.2) is 65.2 Å². The minimum Gasteiger partial charge on any atom is -0.451 e. The number of alkyl halides is 3. The predicted molar refractivity (Wildman–Crippen MR) is 118 cm³/mol. The van der Waals surface area contributed by atoms with Crippen LogP contribution in [-0.4, -0.2) is 10.9 Å². The third kappa shape index (κ3) is 5.15. The second-order valence-corrected chi connectivity index (χ2v) is 8.70. The molecule has 2 heterocycles. The van der Waals surface area contributed by atoms with Gasteiger partial charge in [0.2, 0.25) is 0 Å². The highest BCUT2D eigenvalue weighted by Gasteiger charge is 2.30. The van der Waals surface area contributed by atoms with E-state index in [9.17, 15) is 18.0 Å². The lowest BCUT2D eigenvalue weighted by Crippen LogP contribution is -2.10. The normalized spacial score (nSPS) is 11.5. The summed E-state index contributed by atoms with van der Waals surface area (Å²) in [5.74, 6) is -0.464. The number of carbonyl (C=O) groups is 1. The Bertz CT molecular complexity index is 1280. The molecule has 0 aliphatic rings. The first-order valence-electron chi connectivity index (χ1n) is 9.16. The predicted octanol–water partition coefficient (Wildman–Crippen LogP) is 7.57. The van der Waals surface area contributed by atoms with Crippen LogP contribution in [0.4, 0.5) is 18.3 Å². The number of halogens is 5. The highest BCUT2D eigenvalue weighted by molar-refractivity contribution is 7.15. The Morgan fingerprint density at radius 3 is 2.69 bits per heavy atom. The number of benzene rings is 2. The summed E-state index contributed by atoms with van der Waals surface area (Å²) in [6.45, 7) is 0. The monoisotopic (exact) mass is 496 g/mol. The highest BCUT2D eigenvalue weighted by Crippen LogP contribution is 2.33. The van der Waals surface area contributed by atoms with Gasteiger partial charge in [0.15, 0.2) is 10.9 Å². The molecule has 0 aliphatic carbocycles. The molecule has 0 saturated heterocycles. The summed E-state index contributed by atoms with van der Waals surface area (Å²) in [6.07, 6.45) is -2.36. The van der Waals surface area contributed by atoms with E-state index in [1.54, 1.807) is 24.4 Å². The van der Waals surface area contributed by atoms with Crippen LogP contribution in [0.1, 0.15) is 26.6 Å². The lowest BCUT2D eigenvalue weighted by Gasteiger charge is -2.07. The molecule has 0 atom stereocenters. The summed E-state index contributed by atoms with van der Waals surface area (Å²) in [4.78, 5) is 17.5. The lowest BCUT2D eigenvalue weighted by molar-refractivity contribution is -0.137. The number of hydrogen-bond acceptors (Lipinski definition) is 4. The molecule has 0 bridgehead atoms. The first-order chi connectivity index (χ1) is 15.2. The molecule has 0 fully saturated rings. The van der Waals surface area contributed by atoms with Crippen LogP contribution in [0.2, 0.25) is 10.0 Å². The van der Waals surface area contributed by atoms with Gasteiger partial charge in [-0.25, -0.2) is 4.98 Å². The summed E-state index contributed by atoms with van der Waals surface area (Å²) >= 11 is 13.5. The van der Waals surface area contributed by atoms with Crippen LogP contribution in [0.3, 0.4) is 0 Å². The first-order valence-corrected chi connectivity index (χ1v) is 10.7. The van der Waals surface area contributed by atoms with E-state index in [4.69, 9.17) is 27.6 Å². The largest absolute Gasteiger partial charge is 0.451 e. The van der Waals surface area contributed by atoms with Crippen LogP contribution in [-0.2, 0) is 12.6 Å². The smallest absolute Gasteiger partial charge is 0.416 e. The zero-order valence-electron chi connectivity index (χ0n) is 16.0. The second-order valence-electron chi connectivity index (χ2n) is 6.74. The van der Waals surface area contributed by atoms with Crippen molar-refractivity contribution in [1.82, 2.24) is 4.98 Å².